The summed E-state index contributed by atoms with van der Waals surface area (Å²) in [5.41, 5.74) is 0. The van der Waals surface area contributed by atoms with Crippen LogP contribution in [0.3, 0.4) is 0 Å². The molecule has 0 aromatic heterocycles. The molecule has 0 saturated carbocycles. The van der Waals surface area contributed by atoms with Crippen molar-refractivity contribution >= 4 is 9.84 Å². The lowest BCUT2D eigenvalue weighted by Gasteiger charge is -2.20. The lowest BCUT2D eigenvalue weighted by atomic mass is 10.5. The lowest BCUT2D eigenvalue weighted by molar-refractivity contribution is 0.316. The van der Waals surface area contributed by atoms with Crippen LogP contribution in [0.4, 0.5) is 0 Å². The van der Waals surface area contributed by atoms with Crippen molar-refractivity contribution in [1.29, 1.82) is 0 Å². The Balaban J connectivity index is 4.03. The highest BCUT2D eigenvalue weighted by Crippen LogP contribution is 1.97. The van der Waals surface area contributed by atoms with Gasteiger partial charge in [0.15, 0.2) is 9.84 Å². The summed E-state index contributed by atoms with van der Waals surface area (Å²) in [7, 11) is -2.90. The number of nitrogens with zero attached hydrogens (tertiary/aromatic N) is 2. The standard InChI is InChI=1S/C12H28N2O2S/c1-5-13(6-2)9-11-17(15,16)12-10-14(7-3)8-4/h5-12H2,1-4H3. The normalized spacial score (nSPS) is 12.6. The Kier molecular flexibility index (Phi) is 8.82. The van der Waals surface area contributed by atoms with Crippen LogP contribution in [0, 0.1) is 0 Å². The monoisotopic (exact) mass is 264 g/mol. The van der Waals surface area contributed by atoms with Crippen LogP contribution in [0.25, 0.3) is 0 Å². The molecule has 0 amide bonds. The molecule has 0 aliphatic rings. The summed E-state index contributed by atoms with van der Waals surface area (Å²) in [6.07, 6.45) is 0. The molecule has 0 aliphatic carbocycles. The van der Waals surface area contributed by atoms with E-state index in [4.69, 9.17) is 0 Å². The molecule has 0 fully saturated rings. The molecule has 0 aromatic rings. The molecule has 0 aliphatic heterocycles. The summed E-state index contributed by atoms with van der Waals surface area (Å²) in [6.45, 7) is 13.2. The van der Waals surface area contributed by atoms with Crippen molar-refractivity contribution in [3.05, 3.63) is 0 Å². The maximum atomic E-state index is 11.8. The minimum Gasteiger partial charge on any atom is -0.303 e. The maximum Gasteiger partial charge on any atom is 0.152 e. The van der Waals surface area contributed by atoms with Crippen molar-refractivity contribution in [2.75, 3.05) is 50.8 Å². The summed E-state index contributed by atoms with van der Waals surface area (Å²) in [5.74, 6) is 0.575. The van der Waals surface area contributed by atoms with Crippen molar-refractivity contribution < 1.29 is 8.42 Å². The molecule has 0 heterocycles. The first-order valence-corrected chi connectivity index (χ1v) is 8.46. The van der Waals surface area contributed by atoms with Gasteiger partial charge in [-0.2, -0.15) is 0 Å². The molecule has 104 valence electrons. The van der Waals surface area contributed by atoms with Crippen molar-refractivity contribution in [1.82, 2.24) is 9.80 Å². The largest absolute Gasteiger partial charge is 0.303 e. The lowest BCUT2D eigenvalue weighted by Crippen LogP contribution is -2.33. The highest BCUT2D eigenvalue weighted by Gasteiger charge is 2.13. The van der Waals surface area contributed by atoms with Crippen LogP contribution in [0.15, 0.2) is 0 Å². The Hall–Kier alpha value is -0.130. The molecular formula is C12H28N2O2S. The zero-order chi connectivity index (χ0) is 13.3. The first-order valence-electron chi connectivity index (χ1n) is 6.64. The number of rotatable bonds is 10. The van der Waals surface area contributed by atoms with E-state index in [1.54, 1.807) is 0 Å². The van der Waals surface area contributed by atoms with E-state index in [9.17, 15) is 8.42 Å². The van der Waals surface area contributed by atoms with Crippen LogP contribution in [-0.4, -0.2) is 69.0 Å². The minimum absolute atomic E-state index is 0.288. The van der Waals surface area contributed by atoms with Gasteiger partial charge in [0.05, 0.1) is 11.5 Å². The second-order valence-electron chi connectivity index (χ2n) is 4.21. The van der Waals surface area contributed by atoms with Crippen LogP contribution < -0.4 is 0 Å². The summed E-state index contributed by atoms with van der Waals surface area (Å²) >= 11 is 0. The SMILES string of the molecule is CCN(CC)CCS(=O)(=O)CCN(CC)CC. The predicted molar refractivity (Wildman–Crippen MR) is 74.2 cm³/mol. The third kappa shape index (κ3) is 7.73. The van der Waals surface area contributed by atoms with Crippen LogP contribution in [-0.2, 0) is 9.84 Å². The Labute approximate surface area is 107 Å². The van der Waals surface area contributed by atoms with E-state index in [2.05, 4.69) is 37.5 Å². The average molecular weight is 264 g/mol. The molecule has 0 saturated heterocycles. The minimum atomic E-state index is -2.90. The Morgan fingerprint density at radius 2 is 1.00 bits per heavy atom. The Bertz CT molecular complexity index is 248. The molecule has 5 heteroatoms. The van der Waals surface area contributed by atoms with Gasteiger partial charge in [0.2, 0.25) is 0 Å². The molecule has 0 radical (unpaired) electrons. The summed E-state index contributed by atoms with van der Waals surface area (Å²) < 4.78 is 23.7. The summed E-state index contributed by atoms with van der Waals surface area (Å²) in [5, 5.41) is 0. The fraction of sp³-hybridized carbons (Fsp3) is 1.00. The van der Waals surface area contributed by atoms with Crippen molar-refractivity contribution in [3.63, 3.8) is 0 Å². The molecule has 17 heavy (non-hydrogen) atoms. The van der Waals surface area contributed by atoms with Gasteiger partial charge in [-0.1, -0.05) is 27.7 Å². The van der Waals surface area contributed by atoms with Crippen LogP contribution >= 0.6 is 0 Å². The number of hydrogen-bond donors (Lipinski definition) is 0. The second-order valence-corrected chi connectivity index (χ2v) is 6.51. The number of sulfone groups is 1. The topological polar surface area (TPSA) is 40.6 Å². The van der Waals surface area contributed by atoms with Crippen LogP contribution in [0.1, 0.15) is 27.7 Å². The van der Waals surface area contributed by atoms with Gasteiger partial charge in [-0.05, 0) is 26.2 Å². The maximum absolute atomic E-state index is 11.8. The molecule has 0 spiro atoms. The molecule has 0 atom stereocenters. The van der Waals surface area contributed by atoms with Crippen molar-refractivity contribution in [3.8, 4) is 0 Å². The molecule has 0 rings (SSSR count). The van der Waals surface area contributed by atoms with Gasteiger partial charge in [0.1, 0.15) is 0 Å². The third-order valence-electron chi connectivity index (χ3n) is 3.23. The third-order valence-corrected chi connectivity index (χ3v) is 4.84. The highest BCUT2D eigenvalue weighted by atomic mass is 32.2. The highest BCUT2D eigenvalue weighted by molar-refractivity contribution is 7.91. The van der Waals surface area contributed by atoms with E-state index >= 15 is 0 Å². The molecule has 0 aromatic carbocycles. The van der Waals surface area contributed by atoms with Gasteiger partial charge in [-0.15, -0.1) is 0 Å². The van der Waals surface area contributed by atoms with E-state index in [0.717, 1.165) is 26.2 Å². The van der Waals surface area contributed by atoms with Crippen molar-refractivity contribution in [2.45, 2.75) is 27.7 Å². The molecule has 4 nitrogen and oxygen atoms in total. The zero-order valence-corrected chi connectivity index (χ0v) is 12.6. The smallest absolute Gasteiger partial charge is 0.152 e. The quantitative estimate of drug-likeness (QED) is 0.592. The van der Waals surface area contributed by atoms with Gasteiger partial charge in [0, 0.05) is 13.1 Å². The first kappa shape index (κ1) is 16.9. The van der Waals surface area contributed by atoms with E-state index < -0.39 is 9.84 Å². The van der Waals surface area contributed by atoms with E-state index in [0.29, 0.717) is 13.1 Å². The van der Waals surface area contributed by atoms with Gasteiger partial charge >= 0.3 is 0 Å². The molecule has 0 N–H and O–H groups in total. The zero-order valence-electron chi connectivity index (χ0n) is 11.8. The van der Waals surface area contributed by atoms with Gasteiger partial charge in [0.25, 0.3) is 0 Å². The predicted octanol–water partition coefficient (Wildman–Crippen LogP) is 1.08. The fourth-order valence-electron chi connectivity index (χ4n) is 1.72. The van der Waals surface area contributed by atoms with Crippen LogP contribution in [0.2, 0.25) is 0 Å². The Morgan fingerprint density at radius 3 is 1.24 bits per heavy atom. The average Bonchev–Trinajstić information content (AvgIpc) is 2.31. The first-order chi connectivity index (χ1) is 7.99. The van der Waals surface area contributed by atoms with Crippen molar-refractivity contribution in [2.24, 2.45) is 0 Å². The van der Waals surface area contributed by atoms with E-state index in [1.165, 1.54) is 0 Å². The Morgan fingerprint density at radius 1 is 0.706 bits per heavy atom. The van der Waals surface area contributed by atoms with Gasteiger partial charge in [-0.25, -0.2) is 8.42 Å². The van der Waals surface area contributed by atoms with Gasteiger partial charge < -0.3 is 9.80 Å². The second kappa shape index (κ2) is 8.89. The molecular weight excluding hydrogens is 236 g/mol. The van der Waals surface area contributed by atoms with Gasteiger partial charge in [-0.3, -0.25) is 0 Å². The van der Waals surface area contributed by atoms with E-state index in [1.807, 2.05) is 0 Å². The van der Waals surface area contributed by atoms with E-state index in [-0.39, 0.29) is 11.5 Å². The molecule has 0 bridgehead atoms. The summed E-state index contributed by atoms with van der Waals surface area (Å²) in [6, 6.07) is 0. The number of hydrogen-bond acceptors (Lipinski definition) is 4. The van der Waals surface area contributed by atoms with Crippen LogP contribution in [0.5, 0.6) is 0 Å². The molecule has 0 unspecified atom stereocenters. The summed E-state index contributed by atoms with van der Waals surface area (Å²) in [4.78, 5) is 4.30. The fourth-order valence-corrected chi connectivity index (χ4v) is 2.99.